The minimum Gasteiger partial charge on any atom is -0.390 e. The molecular formula is C22H27N7OS. The number of aliphatic hydroxyl groups is 1. The van der Waals surface area contributed by atoms with E-state index in [9.17, 15) is 5.11 Å². The smallest absolute Gasteiger partial charge is 0.190 e. The van der Waals surface area contributed by atoms with Gasteiger partial charge in [-0.1, -0.05) is 37.7 Å². The Labute approximate surface area is 185 Å². The molecule has 0 aliphatic heterocycles. The lowest BCUT2D eigenvalue weighted by Crippen LogP contribution is -2.21. The van der Waals surface area contributed by atoms with Crippen molar-refractivity contribution in [3.63, 3.8) is 0 Å². The summed E-state index contributed by atoms with van der Waals surface area (Å²) in [7, 11) is 0. The number of nitrogens with one attached hydrogen (secondary N) is 2. The van der Waals surface area contributed by atoms with E-state index >= 15 is 0 Å². The van der Waals surface area contributed by atoms with Gasteiger partial charge in [0, 0.05) is 24.7 Å². The Balaban J connectivity index is 1.58. The number of H-pyrrole nitrogens is 1. The second-order valence-corrected chi connectivity index (χ2v) is 9.36. The van der Waals surface area contributed by atoms with E-state index in [0.717, 1.165) is 28.0 Å². The van der Waals surface area contributed by atoms with Crippen molar-refractivity contribution < 1.29 is 5.11 Å². The second kappa shape index (κ2) is 8.68. The number of aromatic nitrogens is 6. The van der Waals surface area contributed by atoms with Crippen LogP contribution >= 0.6 is 11.8 Å². The summed E-state index contributed by atoms with van der Waals surface area (Å²) in [5.74, 6) is 1.44. The van der Waals surface area contributed by atoms with E-state index in [4.69, 9.17) is 4.98 Å². The second-order valence-electron chi connectivity index (χ2n) is 8.42. The molecule has 4 aromatic rings. The lowest BCUT2D eigenvalue weighted by molar-refractivity contribution is 0.107. The molecule has 9 heteroatoms. The van der Waals surface area contributed by atoms with E-state index in [1.165, 1.54) is 11.8 Å². The molecule has 162 valence electrons. The number of hydrogen-bond acceptors (Lipinski definition) is 7. The number of nitrogens with zero attached hydrogens (tertiary/aromatic N) is 5. The van der Waals surface area contributed by atoms with Gasteiger partial charge in [0.05, 0.1) is 17.0 Å². The van der Waals surface area contributed by atoms with E-state index in [-0.39, 0.29) is 5.92 Å². The summed E-state index contributed by atoms with van der Waals surface area (Å²) < 4.78 is 1.83. The minimum absolute atomic E-state index is 0.259. The SMILES string of the molecule is CC(C)c1[nH]nc2c(NCc3ccc(-n4cccn4)cc3)nc(SCC(C)(C)O)nc12. The zero-order valence-corrected chi connectivity index (χ0v) is 18.9. The van der Waals surface area contributed by atoms with Crippen LogP contribution in [0.2, 0.25) is 0 Å². The molecule has 0 aliphatic carbocycles. The molecule has 0 amide bonds. The maximum Gasteiger partial charge on any atom is 0.190 e. The number of benzene rings is 1. The Hall–Kier alpha value is -2.91. The Morgan fingerprint density at radius 3 is 2.58 bits per heavy atom. The molecule has 0 fully saturated rings. The summed E-state index contributed by atoms with van der Waals surface area (Å²) >= 11 is 1.44. The highest BCUT2D eigenvalue weighted by atomic mass is 32.2. The zero-order valence-electron chi connectivity index (χ0n) is 18.1. The molecule has 3 N–H and O–H groups in total. The maximum atomic E-state index is 10.1. The number of thioether (sulfide) groups is 1. The fraction of sp³-hybridized carbons (Fsp3) is 0.364. The highest BCUT2D eigenvalue weighted by Gasteiger charge is 2.19. The molecule has 0 saturated heterocycles. The van der Waals surface area contributed by atoms with Gasteiger partial charge in [0.1, 0.15) is 5.52 Å². The van der Waals surface area contributed by atoms with Crippen LogP contribution in [-0.2, 0) is 6.54 Å². The van der Waals surface area contributed by atoms with Crippen molar-refractivity contribution in [3.8, 4) is 5.69 Å². The molecule has 0 atom stereocenters. The van der Waals surface area contributed by atoms with Gasteiger partial charge in [-0.05, 0) is 43.5 Å². The van der Waals surface area contributed by atoms with Crippen LogP contribution in [0.4, 0.5) is 5.82 Å². The van der Waals surface area contributed by atoms with Crippen molar-refractivity contribution in [1.82, 2.24) is 29.9 Å². The van der Waals surface area contributed by atoms with Gasteiger partial charge in [-0.25, -0.2) is 14.6 Å². The molecule has 0 spiro atoms. The van der Waals surface area contributed by atoms with E-state index in [0.29, 0.717) is 23.3 Å². The third kappa shape index (κ3) is 5.05. The number of anilines is 1. The maximum absolute atomic E-state index is 10.1. The Bertz CT molecular complexity index is 1150. The summed E-state index contributed by atoms with van der Waals surface area (Å²) in [6.45, 7) is 8.37. The fourth-order valence-corrected chi connectivity index (χ4v) is 3.90. The third-order valence-corrected chi connectivity index (χ3v) is 6.00. The van der Waals surface area contributed by atoms with Gasteiger partial charge < -0.3 is 10.4 Å². The van der Waals surface area contributed by atoms with Crippen LogP contribution < -0.4 is 5.32 Å². The first kappa shape index (κ1) is 21.3. The zero-order chi connectivity index (χ0) is 22.0. The van der Waals surface area contributed by atoms with Crippen molar-refractivity contribution in [2.24, 2.45) is 0 Å². The lowest BCUT2D eigenvalue weighted by Gasteiger charge is -2.16. The summed E-state index contributed by atoms with van der Waals surface area (Å²) in [4.78, 5) is 9.40. The average Bonchev–Trinajstić information content (AvgIpc) is 3.40. The minimum atomic E-state index is -0.801. The lowest BCUT2D eigenvalue weighted by atomic mass is 10.1. The van der Waals surface area contributed by atoms with Crippen LogP contribution in [0.1, 0.15) is 44.9 Å². The number of hydrogen-bond donors (Lipinski definition) is 3. The van der Waals surface area contributed by atoms with Crippen molar-refractivity contribution >= 4 is 28.6 Å². The normalized spacial score (nSPS) is 12.1. The topological polar surface area (TPSA) is 105 Å². The molecular weight excluding hydrogens is 410 g/mol. The molecule has 0 radical (unpaired) electrons. The van der Waals surface area contributed by atoms with Crippen LogP contribution in [0.15, 0.2) is 47.9 Å². The molecule has 8 nitrogen and oxygen atoms in total. The largest absolute Gasteiger partial charge is 0.390 e. The molecule has 3 heterocycles. The Kier molecular flexibility index (Phi) is 5.97. The van der Waals surface area contributed by atoms with Gasteiger partial charge in [0.25, 0.3) is 0 Å². The summed E-state index contributed by atoms with van der Waals surface area (Å²) in [5.41, 5.74) is 3.85. The molecule has 0 bridgehead atoms. The van der Waals surface area contributed by atoms with E-state index in [1.54, 1.807) is 20.0 Å². The Morgan fingerprint density at radius 1 is 1.16 bits per heavy atom. The quantitative estimate of drug-likeness (QED) is 0.281. The summed E-state index contributed by atoms with van der Waals surface area (Å²) in [5, 5.41) is 26.0. The van der Waals surface area contributed by atoms with Crippen LogP contribution in [0.3, 0.4) is 0 Å². The van der Waals surface area contributed by atoms with Gasteiger partial charge in [0.15, 0.2) is 16.5 Å². The molecule has 4 rings (SSSR count). The van der Waals surface area contributed by atoms with E-state index in [1.807, 2.05) is 29.1 Å². The monoisotopic (exact) mass is 437 g/mol. The van der Waals surface area contributed by atoms with E-state index < -0.39 is 5.60 Å². The van der Waals surface area contributed by atoms with Crippen molar-refractivity contribution in [2.75, 3.05) is 11.1 Å². The molecule has 0 unspecified atom stereocenters. The van der Waals surface area contributed by atoms with Crippen molar-refractivity contribution in [3.05, 3.63) is 54.0 Å². The highest BCUT2D eigenvalue weighted by molar-refractivity contribution is 7.99. The first-order chi connectivity index (χ1) is 14.8. The van der Waals surface area contributed by atoms with Gasteiger partial charge in [-0.15, -0.1) is 0 Å². The molecule has 31 heavy (non-hydrogen) atoms. The van der Waals surface area contributed by atoms with Crippen LogP contribution in [0.5, 0.6) is 0 Å². The molecule has 0 saturated carbocycles. The Morgan fingerprint density at radius 2 is 1.94 bits per heavy atom. The first-order valence-electron chi connectivity index (χ1n) is 10.2. The van der Waals surface area contributed by atoms with Gasteiger partial charge in [-0.3, -0.25) is 5.10 Å². The first-order valence-corrected chi connectivity index (χ1v) is 11.2. The number of rotatable bonds is 8. The highest BCUT2D eigenvalue weighted by Crippen LogP contribution is 2.29. The van der Waals surface area contributed by atoms with Crippen LogP contribution in [0, 0.1) is 0 Å². The third-order valence-electron chi connectivity index (χ3n) is 4.70. The fourth-order valence-electron chi connectivity index (χ4n) is 3.10. The number of aromatic amines is 1. The average molecular weight is 438 g/mol. The standard InChI is InChI=1S/C22H27N7OS/c1-14(2)17-18-19(28-27-17)20(26-21(25-18)31-13-22(3,4)30)23-12-15-6-8-16(9-7-15)29-11-5-10-24-29/h5-11,14,30H,12-13H2,1-4H3,(H,27,28)(H,23,25,26). The van der Waals surface area contributed by atoms with Gasteiger partial charge in [-0.2, -0.15) is 10.2 Å². The van der Waals surface area contributed by atoms with Gasteiger partial charge in [0.2, 0.25) is 0 Å². The van der Waals surface area contributed by atoms with Crippen LogP contribution in [-0.4, -0.2) is 46.4 Å². The summed E-state index contributed by atoms with van der Waals surface area (Å²) in [6, 6.07) is 10.1. The predicted molar refractivity (Wildman–Crippen MR) is 124 cm³/mol. The summed E-state index contributed by atoms with van der Waals surface area (Å²) in [6.07, 6.45) is 3.68. The van der Waals surface area contributed by atoms with Crippen molar-refractivity contribution in [1.29, 1.82) is 0 Å². The molecule has 0 aliphatic rings. The molecule has 3 aromatic heterocycles. The predicted octanol–water partition coefficient (Wildman–Crippen LogP) is 4.14. The molecule has 1 aromatic carbocycles. The van der Waals surface area contributed by atoms with E-state index in [2.05, 4.69) is 51.6 Å². The van der Waals surface area contributed by atoms with Gasteiger partial charge >= 0.3 is 0 Å². The van der Waals surface area contributed by atoms with Crippen LogP contribution in [0.25, 0.3) is 16.7 Å². The van der Waals surface area contributed by atoms with Crippen molar-refractivity contribution in [2.45, 2.75) is 50.9 Å². The number of fused-ring (bicyclic) bond motifs is 1.